The third-order valence-corrected chi connectivity index (χ3v) is 5.39. The van der Waals surface area contributed by atoms with Crippen molar-refractivity contribution in [3.05, 3.63) is 47.0 Å². The van der Waals surface area contributed by atoms with Crippen LogP contribution in [0.2, 0.25) is 0 Å². The van der Waals surface area contributed by atoms with Crippen LogP contribution >= 0.6 is 0 Å². The van der Waals surface area contributed by atoms with Crippen molar-refractivity contribution in [2.24, 2.45) is 0 Å². The van der Waals surface area contributed by atoms with Crippen molar-refractivity contribution in [1.82, 2.24) is 4.90 Å². The number of methoxy groups -OCH3 is 1. The van der Waals surface area contributed by atoms with Crippen molar-refractivity contribution >= 4 is 17.7 Å². The zero-order chi connectivity index (χ0) is 23.3. The van der Waals surface area contributed by atoms with Gasteiger partial charge in [0.05, 0.1) is 38.5 Å². The molecule has 1 aliphatic heterocycles. The van der Waals surface area contributed by atoms with Gasteiger partial charge in [-0.15, -0.1) is 0 Å². The second-order valence-corrected chi connectivity index (χ2v) is 7.55. The maximum Gasteiger partial charge on any atom is 0.322 e. The van der Waals surface area contributed by atoms with E-state index in [1.54, 1.807) is 11.0 Å². The summed E-state index contributed by atoms with van der Waals surface area (Å²) in [5, 5.41) is 12.5. The highest BCUT2D eigenvalue weighted by Crippen LogP contribution is 2.40. The molecule has 0 saturated carbocycles. The first-order valence-electron chi connectivity index (χ1n) is 10.7. The van der Waals surface area contributed by atoms with Crippen LogP contribution in [0.1, 0.15) is 43.0 Å². The van der Waals surface area contributed by atoms with Crippen LogP contribution in [0, 0.1) is 6.92 Å². The zero-order valence-electron chi connectivity index (χ0n) is 18.9. The minimum atomic E-state index is -0.986. The highest BCUT2D eigenvalue weighted by molar-refractivity contribution is 5.92. The molecule has 0 aliphatic carbocycles. The van der Waals surface area contributed by atoms with Crippen LogP contribution < -0.4 is 19.5 Å². The van der Waals surface area contributed by atoms with E-state index in [4.69, 9.17) is 14.2 Å². The summed E-state index contributed by atoms with van der Waals surface area (Å²) >= 11 is 0. The number of carboxylic acid groups (broad SMARTS) is 1. The quantitative estimate of drug-likeness (QED) is 0.629. The summed E-state index contributed by atoms with van der Waals surface area (Å²) in [6.07, 6.45) is 0.362. The Morgan fingerprint density at radius 1 is 1.09 bits per heavy atom. The monoisotopic (exact) mass is 442 g/mol. The summed E-state index contributed by atoms with van der Waals surface area (Å²) in [7, 11) is 1.54. The Kier molecular flexibility index (Phi) is 7.45. The molecule has 0 spiro atoms. The number of nitrogens with zero attached hydrogens (tertiary/aromatic N) is 1. The summed E-state index contributed by atoms with van der Waals surface area (Å²) in [5.41, 5.74) is 3.23. The van der Waals surface area contributed by atoms with Gasteiger partial charge in [0.15, 0.2) is 11.5 Å². The molecule has 3 rings (SSSR count). The maximum absolute atomic E-state index is 13.2. The lowest BCUT2D eigenvalue weighted by Gasteiger charge is -2.37. The summed E-state index contributed by atoms with van der Waals surface area (Å²) < 4.78 is 16.8. The Hall–Kier alpha value is -3.42. The van der Waals surface area contributed by atoms with E-state index >= 15 is 0 Å². The largest absolute Gasteiger partial charge is 0.495 e. The van der Waals surface area contributed by atoms with Crippen LogP contribution in [0.5, 0.6) is 17.2 Å². The van der Waals surface area contributed by atoms with Gasteiger partial charge in [-0.25, -0.2) is 4.79 Å². The molecule has 8 heteroatoms. The Labute approximate surface area is 188 Å². The Balaban J connectivity index is 1.96. The first-order chi connectivity index (χ1) is 15.4. The van der Waals surface area contributed by atoms with Crippen molar-refractivity contribution < 1.29 is 28.9 Å². The maximum atomic E-state index is 13.2. The number of aliphatic carboxylic acids is 1. The standard InChI is InChI=1S/C24H30N2O6/c1-5-31-21-12-16-9-10-26(19(14-23(27)28)17(16)13-22(21)32-6-2)24(29)25-18-11-15(3)7-8-20(18)30-4/h7-8,11-13,19H,5-6,9-10,14H2,1-4H3,(H,25,29)(H,27,28). The van der Waals surface area contributed by atoms with E-state index in [1.807, 2.05) is 45.0 Å². The molecule has 0 saturated heterocycles. The Morgan fingerprint density at radius 2 is 1.78 bits per heavy atom. The van der Waals surface area contributed by atoms with Crippen LogP contribution in [0.25, 0.3) is 0 Å². The lowest BCUT2D eigenvalue weighted by Crippen LogP contribution is -2.43. The fourth-order valence-electron chi connectivity index (χ4n) is 3.98. The minimum absolute atomic E-state index is 0.217. The van der Waals surface area contributed by atoms with E-state index in [0.29, 0.717) is 49.1 Å². The summed E-state index contributed by atoms with van der Waals surface area (Å²) in [6, 6.07) is 8.20. The molecule has 0 radical (unpaired) electrons. The van der Waals surface area contributed by atoms with Gasteiger partial charge >= 0.3 is 12.0 Å². The lowest BCUT2D eigenvalue weighted by atomic mass is 9.90. The fourth-order valence-corrected chi connectivity index (χ4v) is 3.98. The molecule has 2 aromatic carbocycles. The van der Waals surface area contributed by atoms with Gasteiger partial charge in [-0.1, -0.05) is 6.07 Å². The van der Waals surface area contributed by atoms with Gasteiger partial charge in [-0.05, 0) is 68.1 Å². The van der Waals surface area contributed by atoms with Gasteiger partial charge in [-0.2, -0.15) is 0 Å². The number of urea groups is 1. The SMILES string of the molecule is CCOc1cc2c(cc1OCC)C(CC(=O)O)N(C(=O)Nc1cc(C)ccc1OC)CC2. The number of carbonyl (C=O) groups is 2. The predicted octanol–water partition coefficient (Wildman–Crippen LogP) is 4.41. The molecular formula is C24H30N2O6. The molecule has 1 aliphatic rings. The van der Waals surface area contributed by atoms with Crippen LogP contribution in [-0.2, 0) is 11.2 Å². The number of carbonyl (C=O) groups excluding carboxylic acids is 1. The molecule has 0 aromatic heterocycles. The second-order valence-electron chi connectivity index (χ2n) is 7.55. The highest BCUT2D eigenvalue weighted by Gasteiger charge is 2.34. The van der Waals surface area contributed by atoms with Crippen molar-refractivity contribution in [3.8, 4) is 17.2 Å². The van der Waals surface area contributed by atoms with Gasteiger partial charge in [-0.3, -0.25) is 4.79 Å². The predicted molar refractivity (Wildman–Crippen MR) is 121 cm³/mol. The molecule has 8 nitrogen and oxygen atoms in total. The van der Waals surface area contributed by atoms with E-state index in [0.717, 1.165) is 16.7 Å². The third kappa shape index (κ3) is 5.07. The molecule has 1 atom stereocenters. The molecule has 172 valence electrons. The van der Waals surface area contributed by atoms with Gasteiger partial charge in [0.1, 0.15) is 5.75 Å². The number of benzene rings is 2. The lowest BCUT2D eigenvalue weighted by molar-refractivity contribution is -0.138. The van der Waals surface area contributed by atoms with E-state index < -0.39 is 12.0 Å². The van der Waals surface area contributed by atoms with Gasteiger partial charge in [0.2, 0.25) is 0 Å². The van der Waals surface area contributed by atoms with Gasteiger partial charge < -0.3 is 29.5 Å². The van der Waals surface area contributed by atoms with Gasteiger partial charge in [0, 0.05) is 6.54 Å². The second kappa shape index (κ2) is 10.3. The normalized spacial score (nSPS) is 15.0. The van der Waals surface area contributed by atoms with Crippen molar-refractivity contribution in [2.75, 3.05) is 32.2 Å². The van der Waals surface area contributed by atoms with E-state index in [2.05, 4.69) is 5.32 Å². The van der Waals surface area contributed by atoms with E-state index in [-0.39, 0.29) is 12.5 Å². The molecular weight excluding hydrogens is 412 g/mol. The highest BCUT2D eigenvalue weighted by atomic mass is 16.5. The van der Waals surface area contributed by atoms with E-state index in [9.17, 15) is 14.7 Å². The summed E-state index contributed by atoms with van der Waals surface area (Å²) in [4.78, 5) is 26.5. The number of nitrogens with one attached hydrogen (secondary N) is 1. The Bertz CT molecular complexity index is 991. The van der Waals surface area contributed by atoms with Crippen molar-refractivity contribution in [2.45, 2.75) is 39.7 Å². The molecule has 1 unspecified atom stereocenters. The number of anilines is 1. The molecule has 2 N–H and O–H groups in total. The van der Waals surface area contributed by atoms with Crippen molar-refractivity contribution in [3.63, 3.8) is 0 Å². The molecule has 2 aromatic rings. The molecule has 0 fully saturated rings. The molecule has 0 bridgehead atoms. The molecule has 32 heavy (non-hydrogen) atoms. The number of carboxylic acids is 1. The van der Waals surface area contributed by atoms with E-state index in [1.165, 1.54) is 7.11 Å². The molecule has 1 heterocycles. The first-order valence-corrected chi connectivity index (χ1v) is 10.7. The topological polar surface area (TPSA) is 97.3 Å². The van der Waals surface area contributed by atoms with Gasteiger partial charge in [0.25, 0.3) is 0 Å². The van der Waals surface area contributed by atoms with Crippen LogP contribution in [0.3, 0.4) is 0 Å². The third-order valence-electron chi connectivity index (χ3n) is 5.39. The number of rotatable bonds is 8. The average molecular weight is 443 g/mol. The number of fused-ring (bicyclic) bond motifs is 1. The number of ether oxygens (including phenoxy) is 3. The minimum Gasteiger partial charge on any atom is -0.495 e. The number of amides is 2. The summed E-state index contributed by atoms with van der Waals surface area (Å²) in [6.45, 7) is 7.01. The zero-order valence-corrected chi connectivity index (χ0v) is 18.9. The number of aryl methyl sites for hydroxylation is 1. The number of hydrogen-bond acceptors (Lipinski definition) is 5. The van der Waals surface area contributed by atoms with Crippen LogP contribution in [0.15, 0.2) is 30.3 Å². The number of hydrogen-bond donors (Lipinski definition) is 2. The van der Waals surface area contributed by atoms with Crippen molar-refractivity contribution in [1.29, 1.82) is 0 Å². The molecule has 2 amide bonds. The first kappa shape index (κ1) is 23.2. The Morgan fingerprint density at radius 3 is 2.41 bits per heavy atom. The smallest absolute Gasteiger partial charge is 0.322 e. The van der Waals surface area contributed by atoms with Crippen LogP contribution in [0.4, 0.5) is 10.5 Å². The summed E-state index contributed by atoms with van der Waals surface area (Å²) in [5.74, 6) is 0.729. The average Bonchev–Trinajstić information content (AvgIpc) is 2.74. The fraction of sp³-hybridized carbons (Fsp3) is 0.417. The van der Waals surface area contributed by atoms with Crippen LogP contribution in [-0.4, -0.2) is 48.9 Å².